The van der Waals surface area contributed by atoms with Crippen LogP contribution in [0.3, 0.4) is 0 Å². The molecule has 0 saturated heterocycles. The molecule has 8 heteroatoms. The summed E-state index contributed by atoms with van der Waals surface area (Å²) >= 11 is 0. The van der Waals surface area contributed by atoms with Gasteiger partial charge in [0.15, 0.2) is 0 Å². The van der Waals surface area contributed by atoms with Gasteiger partial charge in [0.2, 0.25) is 5.91 Å². The molecule has 0 heterocycles. The van der Waals surface area contributed by atoms with Crippen LogP contribution in [0.25, 0.3) is 0 Å². The van der Waals surface area contributed by atoms with Crippen molar-refractivity contribution in [2.45, 2.75) is 26.0 Å². The van der Waals surface area contributed by atoms with Crippen LogP contribution in [0.2, 0.25) is 0 Å². The highest BCUT2D eigenvalue weighted by molar-refractivity contribution is 5.98. The smallest absolute Gasteiger partial charge is 0.326 e. The second-order valence-corrected chi connectivity index (χ2v) is 5.97. The van der Waals surface area contributed by atoms with Crippen molar-refractivity contribution >= 4 is 29.4 Å². The number of carboxylic acids is 1. The van der Waals surface area contributed by atoms with Gasteiger partial charge in [0.1, 0.15) is 12.6 Å². The normalized spacial score (nSPS) is 11.2. The number of rotatable bonds is 8. The Balaban J connectivity index is 1.92. The van der Waals surface area contributed by atoms with E-state index in [2.05, 4.69) is 10.6 Å². The van der Waals surface area contributed by atoms with E-state index in [1.165, 1.54) is 31.2 Å². The number of benzene rings is 2. The number of hydrogen-bond donors (Lipinski definition) is 3. The van der Waals surface area contributed by atoms with Crippen LogP contribution in [0.5, 0.6) is 0 Å². The van der Waals surface area contributed by atoms with Crippen molar-refractivity contribution in [2.75, 3.05) is 5.32 Å². The number of hydrogen-bond acceptors (Lipinski definition) is 5. The van der Waals surface area contributed by atoms with E-state index in [0.29, 0.717) is 5.69 Å². The number of carboxylic acid groups (broad SMARTS) is 1. The summed E-state index contributed by atoms with van der Waals surface area (Å²) < 4.78 is 5.05. The third-order valence-electron chi connectivity index (χ3n) is 3.68. The minimum atomic E-state index is -1.43. The molecule has 0 aliphatic rings. The first-order chi connectivity index (χ1) is 13.3. The number of esters is 1. The van der Waals surface area contributed by atoms with E-state index in [4.69, 9.17) is 4.74 Å². The molecule has 0 unspecified atom stereocenters. The van der Waals surface area contributed by atoms with E-state index in [1.54, 1.807) is 24.3 Å². The molecule has 146 valence electrons. The zero-order valence-electron chi connectivity index (χ0n) is 15.2. The van der Waals surface area contributed by atoms with Crippen LogP contribution in [0.15, 0.2) is 54.6 Å². The van der Waals surface area contributed by atoms with Crippen molar-refractivity contribution < 1.29 is 29.0 Å². The van der Waals surface area contributed by atoms with Crippen molar-refractivity contribution in [2.24, 2.45) is 0 Å². The van der Waals surface area contributed by atoms with Crippen LogP contribution in [0.1, 0.15) is 29.3 Å². The van der Waals surface area contributed by atoms with Crippen LogP contribution >= 0.6 is 0 Å². The Kier molecular flexibility index (Phi) is 7.27. The van der Waals surface area contributed by atoms with Crippen molar-refractivity contribution in [1.29, 1.82) is 0 Å². The summed E-state index contributed by atoms with van der Waals surface area (Å²) in [4.78, 5) is 46.5. The predicted molar refractivity (Wildman–Crippen MR) is 100 cm³/mol. The number of amides is 2. The highest BCUT2D eigenvalue weighted by atomic mass is 16.5. The van der Waals surface area contributed by atoms with Crippen LogP contribution in [0, 0.1) is 0 Å². The molecule has 2 amide bonds. The van der Waals surface area contributed by atoms with Gasteiger partial charge >= 0.3 is 11.9 Å². The maximum absolute atomic E-state index is 12.2. The van der Waals surface area contributed by atoms with Crippen molar-refractivity contribution in [3.63, 3.8) is 0 Å². The largest absolute Gasteiger partial charge is 0.480 e. The first-order valence-electron chi connectivity index (χ1n) is 8.46. The first kappa shape index (κ1) is 20.6. The lowest BCUT2D eigenvalue weighted by atomic mass is 10.1. The van der Waals surface area contributed by atoms with Crippen LogP contribution in [-0.4, -0.2) is 34.9 Å². The van der Waals surface area contributed by atoms with Crippen LogP contribution in [-0.2, 0) is 25.7 Å². The van der Waals surface area contributed by atoms with Gasteiger partial charge in [-0.3, -0.25) is 14.4 Å². The van der Waals surface area contributed by atoms with Crippen LogP contribution in [0.4, 0.5) is 5.69 Å². The molecule has 2 aromatic rings. The van der Waals surface area contributed by atoms with Gasteiger partial charge in [-0.05, 0) is 29.8 Å². The maximum Gasteiger partial charge on any atom is 0.326 e. The summed E-state index contributed by atoms with van der Waals surface area (Å²) in [5, 5.41) is 14.1. The summed E-state index contributed by atoms with van der Waals surface area (Å²) in [6, 6.07) is 13.4. The highest BCUT2D eigenvalue weighted by Crippen LogP contribution is 2.10. The van der Waals surface area contributed by atoms with Gasteiger partial charge in [0.05, 0.1) is 6.42 Å². The standard InChI is InChI=1S/C20H20N2O6/c1-13(23)21-16-9-7-15(8-10-16)19(25)22-17(20(26)27)11-18(24)28-12-14-5-3-2-4-6-14/h2-10,17H,11-12H2,1H3,(H,21,23)(H,22,25)(H,26,27)/t17-/m0/s1. The third kappa shape index (κ3) is 6.56. The van der Waals surface area contributed by atoms with Crippen LogP contribution < -0.4 is 10.6 Å². The molecule has 0 spiro atoms. The molecule has 1 atom stereocenters. The van der Waals surface area contributed by atoms with E-state index >= 15 is 0 Å². The number of carbonyl (C=O) groups is 4. The predicted octanol–water partition coefficient (Wildman–Crippen LogP) is 1.96. The zero-order chi connectivity index (χ0) is 20.5. The van der Waals surface area contributed by atoms with E-state index in [1.807, 2.05) is 6.07 Å². The number of carbonyl (C=O) groups excluding carboxylic acids is 3. The molecule has 2 rings (SSSR count). The lowest BCUT2D eigenvalue weighted by Crippen LogP contribution is -2.42. The second-order valence-electron chi connectivity index (χ2n) is 5.97. The summed E-state index contributed by atoms with van der Waals surface area (Å²) in [5.74, 6) is -2.99. The summed E-state index contributed by atoms with van der Waals surface area (Å²) in [5.41, 5.74) is 1.47. The lowest BCUT2D eigenvalue weighted by molar-refractivity contribution is -0.150. The number of aliphatic carboxylic acids is 1. The molecule has 0 bridgehead atoms. The van der Waals surface area contributed by atoms with E-state index < -0.39 is 30.3 Å². The molecule has 28 heavy (non-hydrogen) atoms. The second kappa shape index (κ2) is 9.86. The minimum Gasteiger partial charge on any atom is -0.480 e. The Morgan fingerprint density at radius 2 is 1.64 bits per heavy atom. The molecule has 0 aliphatic carbocycles. The molecule has 0 saturated carbocycles. The monoisotopic (exact) mass is 384 g/mol. The molecule has 0 aliphatic heterocycles. The maximum atomic E-state index is 12.2. The zero-order valence-corrected chi connectivity index (χ0v) is 15.2. The Labute approximate surface area is 161 Å². The van der Waals surface area contributed by atoms with Gasteiger partial charge in [-0.2, -0.15) is 0 Å². The van der Waals surface area contributed by atoms with E-state index in [0.717, 1.165) is 5.56 Å². The molecule has 0 aromatic heterocycles. The summed E-state index contributed by atoms with van der Waals surface area (Å²) in [6.45, 7) is 1.37. The molecule has 8 nitrogen and oxygen atoms in total. The number of nitrogens with one attached hydrogen (secondary N) is 2. The number of anilines is 1. The van der Waals surface area contributed by atoms with Gasteiger partial charge < -0.3 is 20.5 Å². The molecule has 2 aromatic carbocycles. The molecule has 3 N–H and O–H groups in total. The van der Waals surface area contributed by atoms with Gasteiger partial charge in [-0.25, -0.2) is 4.79 Å². The van der Waals surface area contributed by atoms with Gasteiger partial charge in [-0.15, -0.1) is 0 Å². The lowest BCUT2D eigenvalue weighted by Gasteiger charge is -2.14. The molecular formula is C20H20N2O6. The Hall–Kier alpha value is -3.68. The fraction of sp³-hybridized carbons (Fsp3) is 0.200. The SMILES string of the molecule is CC(=O)Nc1ccc(C(=O)N[C@@H](CC(=O)OCc2ccccc2)C(=O)O)cc1. The highest BCUT2D eigenvalue weighted by Gasteiger charge is 2.24. The van der Waals surface area contributed by atoms with Gasteiger partial charge in [0.25, 0.3) is 5.91 Å². The number of ether oxygens (including phenoxy) is 1. The Morgan fingerprint density at radius 3 is 2.21 bits per heavy atom. The third-order valence-corrected chi connectivity index (χ3v) is 3.68. The topological polar surface area (TPSA) is 122 Å². The van der Waals surface area contributed by atoms with Crippen molar-refractivity contribution in [3.05, 3.63) is 65.7 Å². The first-order valence-corrected chi connectivity index (χ1v) is 8.46. The quantitative estimate of drug-likeness (QED) is 0.598. The fourth-order valence-electron chi connectivity index (χ4n) is 2.31. The van der Waals surface area contributed by atoms with Crippen molar-refractivity contribution in [3.8, 4) is 0 Å². The Morgan fingerprint density at radius 1 is 1.00 bits per heavy atom. The average Bonchev–Trinajstić information content (AvgIpc) is 2.66. The summed E-state index contributed by atoms with van der Waals surface area (Å²) in [6.07, 6.45) is -0.502. The molecular weight excluding hydrogens is 364 g/mol. The average molecular weight is 384 g/mol. The van der Waals surface area contributed by atoms with E-state index in [9.17, 15) is 24.3 Å². The fourth-order valence-corrected chi connectivity index (χ4v) is 2.31. The minimum absolute atomic E-state index is 0.0184. The molecule has 0 fully saturated rings. The summed E-state index contributed by atoms with van der Waals surface area (Å²) in [7, 11) is 0. The Bertz CT molecular complexity index is 849. The van der Waals surface area contributed by atoms with Crippen molar-refractivity contribution in [1.82, 2.24) is 5.32 Å². The van der Waals surface area contributed by atoms with Gasteiger partial charge in [-0.1, -0.05) is 30.3 Å². The molecule has 0 radical (unpaired) electrons. The van der Waals surface area contributed by atoms with Gasteiger partial charge in [0, 0.05) is 18.2 Å². The van der Waals surface area contributed by atoms with E-state index in [-0.39, 0.29) is 18.1 Å².